The van der Waals surface area contributed by atoms with Crippen LogP contribution in [-0.2, 0) is 6.54 Å². The van der Waals surface area contributed by atoms with Gasteiger partial charge in [0.1, 0.15) is 13.2 Å². The lowest BCUT2D eigenvalue weighted by Crippen LogP contribution is -2.45. The molecular weight excluding hydrogens is 326 g/mol. The van der Waals surface area contributed by atoms with E-state index in [0.29, 0.717) is 30.0 Å². The normalized spacial score (nSPS) is 20.8. The maximum atomic E-state index is 6.37. The average Bonchev–Trinajstić information content (AvgIpc) is 2.63. The minimum absolute atomic E-state index is 0.305. The second-order valence-electron chi connectivity index (χ2n) is 6.08. The van der Waals surface area contributed by atoms with Crippen molar-refractivity contribution in [3.63, 3.8) is 0 Å². The fourth-order valence-corrected chi connectivity index (χ4v) is 3.62. The molecule has 0 radical (unpaired) electrons. The minimum atomic E-state index is 0.305. The van der Waals surface area contributed by atoms with Crippen molar-refractivity contribution in [3.8, 4) is 11.5 Å². The first-order valence-electron chi connectivity index (χ1n) is 8.24. The van der Waals surface area contributed by atoms with E-state index in [2.05, 4.69) is 21.3 Å². The summed E-state index contributed by atoms with van der Waals surface area (Å²) in [4.78, 5) is 6.71. The Morgan fingerprint density at radius 3 is 3.08 bits per heavy atom. The number of benzene rings is 1. The first kappa shape index (κ1) is 15.7. The van der Waals surface area contributed by atoms with Gasteiger partial charge in [-0.3, -0.25) is 9.88 Å². The average molecular weight is 346 g/mol. The van der Waals surface area contributed by atoms with Crippen molar-refractivity contribution in [2.24, 2.45) is 0 Å². The molecule has 5 nitrogen and oxygen atoms in total. The number of halogens is 1. The van der Waals surface area contributed by atoms with Crippen molar-refractivity contribution in [1.82, 2.24) is 15.2 Å². The molecule has 0 spiro atoms. The summed E-state index contributed by atoms with van der Waals surface area (Å²) in [5.74, 6) is 1.41. The van der Waals surface area contributed by atoms with Crippen molar-refractivity contribution < 1.29 is 9.47 Å². The van der Waals surface area contributed by atoms with Crippen LogP contribution < -0.4 is 14.8 Å². The highest BCUT2D eigenvalue weighted by Crippen LogP contribution is 2.39. The topological polar surface area (TPSA) is 46.6 Å². The second kappa shape index (κ2) is 6.97. The Bertz CT molecular complexity index is 711. The van der Waals surface area contributed by atoms with E-state index in [-0.39, 0.29) is 0 Å². The molecular formula is C18H20ClN3O2. The first-order chi connectivity index (χ1) is 11.8. The van der Waals surface area contributed by atoms with E-state index in [4.69, 9.17) is 21.1 Å². The Labute approximate surface area is 146 Å². The van der Waals surface area contributed by atoms with Crippen LogP contribution in [-0.4, -0.2) is 42.7 Å². The van der Waals surface area contributed by atoms with Gasteiger partial charge in [-0.25, -0.2) is 0 Å². The molecule has 1 atom stereocenters. The molecule has 24 heavy (non-hydrogen) atoms. The Morgan fingerprint density at radius 2 is 2.21 bits per heavy atom. The number of fused-ring (bicyclic) bond motifs is 1. The van der Waals surface area contributed by atoms with Crippen LogP contribution in [0.4, 0.5) is 0 Å². The zero-order chi connectivity index (χ0) is 16.4. The second-order valence-corrected chi connectivity index (χ2v) is 6.49. The lowest BCUT2D eigenvalue weighted by atomic mass is 10.0. The van der Waals surface area contributed by atoms with E-state index in [0.717, 1.165) is 37.5 Å². The highest BCUT2D eigenvalue weighted by molar-refractivity contribution is 6.32. The molecule has 0 amide bonds. The van der Waals surface area contributed by atoms with Crippen LogP contribution in [0.15, 0.2) is 36.7 Å². The van der Waals surface area contributed by atoms with Crippen LogP contribution >= 0.6 is 11.6 Å². The quantitative estimate of drug-likeness (QED) is 0.926. The molecule has 126 valence electrons. The summed E-state index contributed by atoms with van der Waals surface area (Å²) in [6.07, 6.45) is 3.76. The van der Waals surface area contributed by atoms with Crippen LogP contribution in [0.2, 0.25) is 5.02 Å². The summed E-state index contributed by atoms with van der Waals surface area (Å²) < 4.78 is 11.3. The Hall–Kier alpha value is -1.82. The molecule has 6 heteroatoms. The van der Waals surface area contributed by atoms with Crippen LogP contribution in [0.1, 0.15) is 17.2 Å². The van der Waals surface area contributed by atoms with Gasteiger partial charge in [0.05, 0.1) is 5.02 Å². The Morgan fingerprint density at radius 1 is 1.29 bits per heavy atom. The highest BCUT2D eigenvalue weighted by Gasteiger charge is 2.25. The number of nitrogens with zero attached hydrogens (tertiary/aromatic N) is 2. The van der Waals surface area contributed by atoms with E-state index in [1.165, 1.54) is 5.56 Å². The molecule has 0 saturated carbocycles. The zero-order valence-corrected chi connectivity index (χ0v) is 14.1. The molecule has 2 aliphatic heterocycles. The minimum Gasteiger partial charge on any atom is -0.486 e. The van der Waals surface area contributed by atoms with Crippen molar-refractivity contribution in [2.45, 2.75) is 12.6 Å². The standard InChI is InChI=1S/C18H20ClN3O2/c19-15-8-13(9-17-18(15)24-7-6-23-17)12-22-5-4-21-11-16(22)14-2-1-3-20-10-14/h1-3,8-10,16,21H,4-7,11-12H2. The van der Waals surface area contributed by atoms with Gasteiger partial charge >= 0.3 is 0 Å². The van der Waals surface area contributed by atoms with Gasteiger partial charge < -0.3 is 14.8 Å². The van der Waals surface area contributed by atoms with E-state index in [1.807, 2.05) is 30.6 Å². The van der Waals surface area contributed by atoms with Gasteiger partial charge in [-0.1, -0.05) is 17.7 Å². The van der Waals surface area contributed by atoms with E-state index in [9.17, 15) is 0 Å². The summed E-state index contributed by atoms with van der Waals surface area (Å²) in [6, 6.07) is 8.46. The first-order valence-corrected chi connectivity index (χ1v) is 8.62. The molecule has 2 aliphatic rings. The summed E-state index contributed by atoms with van der Waals surface area (Å²) in [5.41, 5.74) is 2.37. The fourth-order valence-electron chi connectivity index (χ4n) is 3.33. The third kappa shape index (κ3) is 3.20. The number of ether oxygens (including phenoxy) is 2. The number of pyridine rings is 1. The Balaban J connectivity index is 1.58. The third-order valence-corrected chi connectivity index (χ3v) is 4.75. The fraction of sp³-hybridized carbons (Fsp3) is 0.389. The zero-order valence-electron chi connectivity index (χ0n) is 13.4. The van der Waals surface area contributed by atoms with Crippen LogP contribution in [0.5, 0.6) is 11.5 Å². The lowest BCUT2D eigenvalue weighted by molar-refractivity contribution is 0.151. The summed E-state index contributed by atoms with van der Waals surface area (Å²) in [6.45, 7) is 4.81. The molecule has 1 unspecified atom stereocenters. The molecule has 0 aliphatic carbocycles. The van der Waals surface area contributed by atoms with Gasteiger partial charge in [-0.2, -0.15) is 0 Å². The number of piperazine rings is 1. The van der Waals surface area contributed by atoms with E-state index >= 15 is 0 Å². The smallest absolute Gasteiger partial charge is 0.179 e. The van der Waals surface area contributed by atoms with Crippen molar-refractivity contribution in [3.05, 3.63) is 52.8 Å². The van der Waals surface area contributed by atoms with E-state index < -0.39 is 0 Å². The molecule has 0 bridgehead atoms. The predicted molar refractivity (Wildman–Crippen MR) is 92.7 cm³/mol. The number of aromatic nitrogens is 1. The number of rotatable bonds is 3. The van der Waals surface area contributed by atoms with Crippen LogP contribution in [0, 0.1) is 0 Å². The van der Waals surface area contributed by atoms with Crippen molar-refractivity contribution in [2.75, 3.05) is 32.8 Å². The van der Waals surface area contributed by atoms with Gasteiger partial charge in [0, 0.05) is 44.6 Å². The predicted octanol–water partition coefficient (Wildman–Crippen LogP) is 2.65. The van der Waals surface area contributed by atoms with Gasteiger partial charge in [0.2, 0.25) is 0 Å². The van der Waals surface area contributed by atoms with E-state index in [1.54, 1.807) is 0 Å². The number of hydrogen-bond acceptors (Lipinski definition) is 5. The van der Waals surface area contributed by atoms with Crippen LogP contribution in [0.3, 0.4) is 0 Å². The molecule has 1 aromatic carbocycles. The monoisotopic (exact) mass is 345 g/mol. The summed E-state index contributed by atoms with van der Waals surface area (Å²) >= 11 is 6.37. The molecule has 1 N–H and O–H groups in total. The molecule has 3 heterocycles. The maximum Gasteiger partial charge on any atom is 0.179 e. The van der Waals surface area contributed by atoms with Gasteiger partial charge in [-0.05, 0) is 29.3 Å². The molecule has 1 fully saturated rings. The molecule has 1 saturated heterocycles. The summed E-state index contributed by atoms with van der Waals surface area (Å²) in [7, 11) is 0. The van der Waals surface area contributed by atoms with Crippen LogP contribution in [0.25, 0.3) is 0 Å². The SMILES string of the molecule is Clc1cc(CN2CCNCC2c2cccnc2)cc2c1OCCO2. The summed E-state index contributed by atoms with van der Waals surface area (Å²) in [5, 5.41) is 4.09. The maximum absolute atomic E-state index is 6.37. The third-order valence-electron chi connectivity index (χ3n) is 4.47. The molecule has 1 aromatic heterocycles. The molecule has 4 rings (SSSR count). The van der Waals surface area contributed by atoms with Crippen molar-refractivity contribution in [1.29, 1.82) is 0 Å². The Kier molecular flexibility index (Phi) is 4.56. The van der Waals surface area contributed by atoms with Gasteiger partial charge in [0.25, 0.3) is 0 Å². The number of nitrogens with one attached hydrogen (secondary N) is 1. The van der Waals surface area contributed by atoms with Crippen molar-refractivity contribution >= 4 is 11.6 Å². The molecule has 2 aromatic rings. The highest BCUT2D eigenvalue weighted by atomic mass is 35.5. The largest absolute Gasteiger partial charge is 0.486 e. The van der Waals surface area contributed by atoms with Gasteiger partial charge in [-0.15, -0.1) is 0 Å². The van der Waals surface area contributed by atoms with Gasteiger partial charge in [0.15, 0.2) is 11.5 Å². The number of hydrogen-bond donors (Lipinski definition) is 1. The lowest BCUT2D eigenvalue weighted by Gasteiger charge is -2.36.